The van der Waals surface area contributed by atoms with Crippen LogP contribution in [-0.2, 0) is 19.4 Å². The Morgan fingerprint density at radius 2 is 1.34 bits per heavy atom. The number of anilines is 1. The number of hydrogen-bond acceptors (Lipinski definition) is 18. The highest BCUT2D eigenvalue weighted by Crippen LogP contribution is 2.36. The van der Waals surface area contributed by atoms with Crippen LogP contribution in [0.3, 0.4) is 0 Å². The zero-order chi connectivity index (χ0) is 47.9. The number of aromatic hydroxyl groups is 2. The van der Waals surface area contributed by atoms with Crippen LogP contribution in [0.4, 0.5) is 40.3 Å². The molecule has 3 heterocycles. The zero-order valence-electron chi connectivity index (χ0n) is 33.8. The molecule has 0 saturated heterocycles. The van der Waals surface area contributed by atoms with Crippen molar-refractivity contribution in [3.05, 3.63) is 118 Å². The number of aromatic nitrogens is 5. The lowest BCUT2D eigenvalue weighted by Crippen LogP contribution is -2.27. The minimum absolute atomic E-state index is 0.0304. The molecule has 330 valence electrons. The minimum atomic E-state index is -1.49. The second-order valence-electron chi connectivity index (χ2n) is 13.0. The highest BCUT2D eigenvalue weighted by Gasteiger charge is 2.25. The molecule has 26 heteroatoms. The van der Waals surface area contributed by atoms with Crippen LogP contribution in [0.25, 0.3) is 4.85 Å². The standard InChI is InChI=1S/C39H31N13O13/c1-5-19-23(15-40)29(53)51(30(54)27(19)49-47-24-13-17(33(57)58)7-9-21(24)35(61)62)12-11-42-37-44-38(46-39(65)45-37)43-16(3)52-31(55)26(41-4)20(6-2)28(32(52)56)50-48-25-14-18(34(59)60)8-10-22(25)36(63)64/h7-10,13-14,53,55H,5-6,11-12H2,1-3H3,(H,57,58)(H,59,60)(H,61,62)(H,63,64)(H2,42,44,45,46,65). The predicted molar refractivity (Wildman–Crippen MR) is 223 cm³/mol. The van der Waals surface area contributed by atoms with E-state index >= 15 is 0 Å². The number of pyridine rings is 2. The number of benzene rings is 2. The number of carboxylic acid groups (broad SMARTS) is 4. The maximum Gasteiger partial charge on any atom is 0.351 e. The Kier molecular flexibility index (Phi) is 13.8. The van der Waals surface area contributed by atoms with Gasteiger partial charge < -0.3 is 36.0 Å². The van der Waals surface area contributed by atoms with E-state index in [1.807, 2.05) is 0 Å². The number of H-pyrrole nitrogens is 1. The summed E-state index contributed by atoms with van der Waals surface area (Å²) in [4.78, 5) is 104. The van der Waals surface area contributed by atoms with Crippen LogP contribution >= 0.6 is 0 Å². The quantitative estimate of drug-likeness (QED) is 0.0303. The Bertz CT molecular complexity index is 3210. The van der Waals surface area contributed by atoms with Gasteiger partial charge in [-0.2, -0.15) is 20.2 Å². The van der Waals surface area contributed by atoms with Gasteiger partial charge in [0.15, 0.2) is 5.69 Å². The van der Waals surface area contributed by atoms with Gasteiger partial charge in [-0.1, -0.05) is 13.8 Å². The second kappa shape index (κ2) is 19.3. The van der Waals surface area contributed by atoms with Crippen molar-refractivity contribution < 1.29 is 49.8 Å². The average molecular weight is 890 g/mol. The number of aromatic amines is 1. The number of hydrogen-bond donors (Lipinski definition) is 8. The summed E-state index contributed by atoms with van der Waals surface area (Å²) in [7, 11) is 0. The van der Waals surface area contributed by atoms with E-state index in [1.165, 1.54) is 20.8 Å². The molecule has 5 rings (SSSR count). The van der Waals surface area contributed by atoms with E-state index in [2.05, 4.69) is 50.6 Å². The van der Waals surface area contributed by atoms with E-state index in [0.29, 0.717) is 9.13 Å². The van der Waals surface area contributed by atoms with Gasteiger partial charge in [-0.15, -0.1) is 20.5 Å². The highest BCUT2D eigenvalue weighted by atomic mass is 16.4. The van der Waals surface area contributed by atoms with Gasteiger partial charge in [-0.3, -0.25) is 19.1 Å². The Morgan fingerprint density at radius 1 is 0.800 bits per heavy atom. The van der Waals surface area contributed by atoms with Crippen molar-refractivity contribution in [3.63, 3.8) is 0 Å². The molecule has 0 bridgehead atoms. The summed E-state index contributed by atoms with van der Waals surface area (Å²) < 4.78 is 1.24. The van der Waals surface area contributed by atoms with Gasteiger partial charge in [0.2, 0.25) is 23.7 Å². The Morgan fingerprint density at radius 3 is 1.82 bits per heavy atom. The molecule has 0 amide bonds. The molecule has 0 saturated carbocycles. The van der Waals surface area contributed by atoms with Crippen LogP contribution in [-0.4, -0.2) is 91.0 Å². The van der Waals surface area contributed by atoms with Crippen LogP contribution in [0.1, 0.15) is 78.9 Å². The largest absolute Gasteiger partial charge is 0.502 e. The van der Waals surface area contributed by atoms with Crippen molar-refractivity contribution in [3.8, 4) is 17.8 Å². The minimum Gasteiger partial charge on any atom is -0.502 e. The van der Waals surface area contributed by atoms with Crippen LogP contribution in [0.5, 0.6) is 11.8 Å². The number of nitriles is 1. The Balaban J connectivity index is 1.50. The fourth-order valence-electron chi connectivity index (χ4n) is 6.11. The molecule has 0 aliphatic heterocycles. The molecular formula is C39H31N13O13. The number of nitrogens with one attached hydrogen (secondary N) is 2. The van der Waals surface area contributed by atoms with Crippen LogP contribution in [0.15, 0.2) is 76.2 Å². The van der Waals surface area contributed by atoms with E-state index in [-0.39, 0.29) is 47.2 Å². The first-order valence-corrected chi connectivity index (χ1v) is 18.5. The van der Waals surface area contributed by atoms with Gasteiger partial charge in [-0.25, -0.2) is 33.4 Å². The van der Waals surface area contributed by atoms with E-state index in [0.717, 1.165) is 36.4 Å². The average Bonchev–Trinajstić information content (AvgIpc) is 3.25. The molecule has 0 atom stereocenters. The van der Waals surface area contributed by atoms with Crippen LogP contribution in [0.2, 0.25) is 0 Å². The summed E-state index contributed by atoms with van der Waals surface area (Å²) in [6.07, 6.45) is -0.0922. The molecule has 65 heavy (non-hydrogen) atoms. The Hall–Kier alpha value is -9.72. The predicted octanol–water partition coefficient (Wildman–Crippen LogP) is 4.78. The van der Waals surface area contributed by atoms with Gasteiger partial charge in [0.05, 0.1) is 28.8 Å². The van der Waals surface area contributed by atoms with E-state index in [9.17, 15) is 69.5 Å². The van der Waals surface area contributed by atoms with E-state index < -0.39 is 116 Å². The molecule has 0 aliphatic carbocycles. The number of carboxylic acids is 4. The zero-order valence-corrected chi connectivity index (χ0v) is 33.8. The SMILES string of the molecule is [C-]#[N+]c1c(CC)c(N=Nc2cc(C(=O)O)ccc2C(=O)O)c(=O)n(C(C)=Nc2nc(NCCn3c(O)c(C#N)c(CC)c(N=Nc4cc(C(=O)O)ccc4C(=O)O)c3=O)nc(=O)[nH]2)c1O. The van der Waals surface area contributed by atoms with Gasteiger partial charge >= 0.3 is 29.6 Å². The highest BCUT2D eigenvalue weighted by molar-refractivity contribution is 5.98. The van der Waals surface area contributed by atoms with E-state index in [4.69, 9.17) is 6.57 Å². The third-order valence-electron chi connectivity index (χ3n) is 9.16. The maximum atomic E-state index is 13.9. The number of azo groups is 2. The summed E-state index contributed by atoms with van der Waals surface area (Å²) >= 11 is 0. The number of carbonyl (C=O) groups is 4. The second-order valence-corrected chi connectivity index (χ2v) is 13.0. The lowest BCUT2D eigenvalue weighted by molar-refractivity contribution is 0.0682. The van der Waals surface area contributed by atoms with Crippen molar-refractivity contribution in [2.75, 3.05) is 11.9 Å². The molecule has 0 unspecified atom stereocenters. The summed E-state index contributed by atoms with van der Waals surface area (Å²) in [6, 6.07) is 7.61. The fraction of sp³-hybridized carbons (Fsp3) is 0.179. The summed E-state index contributed by atoms with van der Waals surface area (Å²) in [5.74, 6) is -8.82. The van der Waals surface area contributed by atoms with Gasteiger partial charge in [0, 0.05) is 18.7 Å². The molecule has 3 aromatic heterocycles. The van der Waals surface area contributed by atoms with Crippen molar-refractivity contribution in [1.82, 2.24) is 24.1 Å². The molecular weight excluding hydrogens is 859 g/mol. The maximum absolute atomic E-state index is 13.9. The normalized spacial score (nSPS) is 11.4. The lowest BCUT2D eigenvalue weighted by Gasteiger charge is -2.15. The summed E-state index contributed by atoms with van der Waals surface area (Å²) in [5.41, 5.74) is -7.68. The van der Waals surface area contributed by atoms with E-state index in [1.54, 1.807) is 6.07 Å². The van der Waals surface area contributed by atoms with Crippen molar-refractivity contribution >= 4 is 70.0 Å². The molecule has 26 nitrogen and oxygen atoms in total. The smallest absolute Gasteiger partial charge is 0.351 e. The number of rotatable bonds is 15. The first kappa shape index (κ1) is 46.3. The molecule has 8 N–H and O–H groups in total. The summed E-state index contributed by atoms with van der Waals surface area (Å²) in [6.45, 7) is 11.1. The monoisotopic (exact) mass is 889 g/mol. The first-order valence-electron chi connectivity index (χ1n) is 18.5. The number of aliphatic imine (C=N–C) groups is 1. The molecule has 0 aliphatic rings. The van der Waals surface area contributed by atoms with Crippen LogP contribution in [0, 0.1) is 17.9 Å². The first-order chi connectivity index (χ1) is 30.9. The number of aromatic carboxylic acids is 4. The third-order valence-corrected chi connectivity index (χ3v) is 9.16. The lowest BCUT2D eigenvalue weighted by atomic mass is 10.1. The molecule has 0 radical (unpaired) electrons. The molecule has 0 fully saturated rings. The van der Waals surface area contributed by atoms with Gasteiger partial charge in [0.25, 0.3) is 16.8 Å². The van der Waals surface area contributed by atoms with Crippen LogP contribution < -0.4 is 22.1 Å². The molecule has 0 spiro atoms. The molecule has 2 aromatic carbocycles. The van der Waals surface area contributed by atoms with Crippen molar-refractivity contribution in [2.24, 2.45) is 25.4 Å². The summed E-state index contributed by atoms with van der Waals surface area (Å²) in [5, 5.41) is 87.9. The van der Waals surface area contributed by atoms with Gasteiger partial charge in [0.1, 0.15) is 34.5 Å². The van der Waals surface area contributed by atoms with Crippen molar-refractivity contribution in [1.29, 1.82) is 5.26 Å². The topological polar surface area (TPSA) is 394 Å². The van der Waals surface area contributed by atoms with Crippen molar-refractivity contribution in [2.45, 2.75) is 40.2 Å². The fourth-order valence-corrected chi connectivity index (χ4v) is 6.11. The molecule has 5 aromatic rings. The van der Waals surface area contributed by atoms with Gasteiger partial charge in [-0.05, 0) is 61.7 Å². The third kappa shape index (κ3) is 9.61. The Labute approximate surface area is 362 Å². The number of nitrogens with zero attached hydrogens (tertiary/aromatic N) is 11.